The number of nitrogens with zero attached hydrogens (tertiary/aromatic N) is 2. The van der Waals surface area contributed by atoms with E-state index in [-0.39, 0.29) is 17.4 Å². The Labute approximate surface area is 119 Å². The molecule has 1 aromatic carbocycles. The van der Waals surface area contributed by atoms with Crippen molar-refractivity contribution in [3.63, 3.8) is 0 Å². The lowest BCUT2D eigenvalue weighted by atomic mass is 10.3. The van der Waals surface area contributed by atoms with E-state index in [2.05, 4.69) is 0 Å². The second-order valence-electron chi connectivity index (χ2n) is 4.53. The van der Waals surface area contributed by atoms with Crippen LogP contribution >= 0.6 is 0 Å². The van der Waals surface area contributed by atoms with Crippen LogP contribution in [-0.4, -0.2) is 63.4 Å². The van der Waals surface area contributed by atoms with Crippen molar-refractivity contribution in [1.29, 1.82) is 0 Å². The van der Waals surface area contributed by atoms with Crippen LogP contribution in [0.25, 0.3) is 0 Å². The van der Waals surface area contributed by atoms with Crippen LogP contribution in [0, 0.1) is 0 Å². The number of amides is 1. The SMILES string of the molecule is COCC(=O)N1CCN(S(=O)(=O)c2ccccc2)CC1. The first-order valence-corrected chi connectivity index (χ1v) is 7.81. The maximum atomic E-state index is 12.4. The molecule has 0 atom stereocenters. The second kappa shape index (κ2) is 6.34. The van der Waals surface area contributed by atoms with E-state index in [0.29, 0.717) is 26.2 Å². The van der Waals surface area contributed by atoms with E-state index in [1.807, 2.05) is 0 Å². The summed E-state index contributed by atoms with van der Waals surface area (Å²) >= 11 is 0. The summed E-state index contributed by atoms with van der Waals surface area (Å²) in [6, 6.07) is 8.34. The number of ether oxygens (including phenoxy) is 1. The smallest absolute Gasteiger partial charge is 0.248 e. The molecule has 7 heteroatoms. The van der Waals surface area contributed by atoms with Gasteiger partial charge in [0.2, 0.25) is 15.9 Å². The fourth-order valence-corrected chi connectivity index (χ4v) is 3.58. The molecule has 0 radical (unpaired) electrons. The van der Waals surface area contributed by atoms with E-state index >= 15 is 0 Å². The van der Waals surface area contributed by atoms with Gasteiger partial charge in [-0.2, -0.15) is 4.31 Å². The molecule has 0 unspecified atom stereocenters. The topological polar surface area (TPSA) is 66.9 Å². The van der Waals surface area contributed by atoms with Crippen LogP contribution in [0.4, 0.5) is 0 Å². The third kappa shape index (κ3) is 3.17. The van der Waals surface area contributed by atoms with Gasteiger partial charge >= 0.3 is 0 Å². The molecule has 6 nitrogen and oxygen atoms in total. The Bertz CT molecular complexity index is 551. The van der Waals surface area contributed by atoms with Gasteiger partial charge in [0.05, 0.1) is 4.90 Å². The Morgan fingerprint density at radius 2 is 1.75 bits per heavy atom. The maximum Gasteiger partial charge on any atom is 0.248 e. The molecular weight excluding hydrogens is 280 g/mol. The molecule has 0 spiro atoms. The molecule has 0 bridgehead atoms. The quantitative estimate of drug-likeness (QED) is 0.794. The van der Waals surface area contributed by atoms with Gasteiger partial charge in [0, 0.05) is 33.3 Å². The largest absolute Gasteiger partial charge is 0.375 e. The van der Waals surface area contributed by atoms with Gasteiger partial charge in [0.15, 0.2) is 0 Å². The number of carbonyl (C=O) groups excluding carboxylic acids is 1. The molecule has 1 aliphatic heterocycles. The van der Waals surface area contributed by atoms with Crippen molar-refractivity contribution < 1.29 is 17.9 Å². The molecule has 1 aromatic rings. The second-order valence-corrected chi connectivity index (χ2v) is 6.47. The minimum absolute atomic E-state index is 0.0332. The number of rotatable bonds is 4. The van der Waals surface area contributed by atoms with Crippen molar-refractivity contribution in [2.24, 2.45) is 0 Å². The Morgan fingerprint density at radius 1 is 1.15 bits per heavy atom. The highest BCUT2D eigenvalue weighted by Crippen LogP contribution is 2.17. The molecule has 0 aliphatic carbocycles. The van der Waals surface area contributed by atoms with Crippen molar-refractivity contribution in [3.05, 3.63) is 30.3 Å². The number of sulfonamides is 1. The van der Waals surface area contributed by atoms with Crippen LogP contribution in [0.15, 0.2) is 35.2 Å². The Morgan fingerprint density at radius 3 is 2.30 bits per heavy atom. The number of carbonyl (C=O) groups is 1. The summed E-state index contributed by atoms with van der Waals surface area (Å²) in [6.45, 7) is 1.45. The van der Waals surface area contributed by atoms with E-state index in [1.165, 1.54) is 11.4 Å². The van der Waals surface area contributed by atoms with Gasteiger partial charge < -0.3 is 9.64 Å². The van der Waals surface area contributed by atoms with Crippen LogP contribution in [0.2, 0.25) is 0 Å². The lowest BCUT2D eigenvalue weighted by Crippen LogP contribution is -2.51. The zero-order chi connectivity index (χ0) is 14.6. The summed E-state index contributed by atoms with van der Waals surface area (Å²) in [4.78, 5) is 13.6. The molecule has 0 N–H and O–H groups in total. The molecule has 20 heavy (non-hydrogen) atoms. The minimum atomic E-state index is -3.46. The first-order chi connectivity index (χ1) is 9.55. The number of piperazine rings is 1. The predicted molar refractivity (Wildman–Crippen MR) is 73.7 cm³/mol. The van der Waals surface area contributed by atoms with Crippen molar-refractivity contribution in [1.82, 2.24) is 9.21 Å². The highest BCUT2D eigenvalue weighted by molar-refractivity contribution is 7.89. The molecule has 1 fully saturated rings. The van der Waals surface area contributed by atoms with Crippen LogP contribution < -0.4 is 0 Å². The maximum absolute atomic E-state index is 12.4. The molecule has 110 valence electrons. The lowest BCUT2D eigenvalue weighted by Gasteiger charge is -2.33. The summed E-state index contributed by atoms with van der Waals surface area (Å²) in [5.74, 6) is -0.107. The van der Waals surface area contributed by atoms with Gasteiger partial charge in [-0.1, -0.05) is 18.2 Å². The zero-order valence-corrected chi connectivity index (χ0v) is 12.2. The summed E-state index contributed by atoms with van der Waals surface area (Å²) in [5, 5.41) is 0. The third-order valence-electron chi connectivity index (χ3n) is 3.24. The van der Waals surface area contributed by atoms with E-state index in [4.69, 9.17) is 4.74 Å². The number of benzene rings is 1. The van der Waals surface area contributed by atoms with E-state index in [1.54, 1.807) is 35.2 Å². The molecule has 1 aliphatic rings. The van der Waals surface area contributed by atoms with Crippen molar-refractivity contribution in [2.75, 3.05) is 39.9 Å². The van der Waals surface area contributed by atoms with Crippen LogP contribution in [0.3, 0.4) is 0 Å². The standard InChI is InChI=1S/C13H18N2O4S/c1-19-11-13(16)14-7-9-15(10-8-14)20(17,18)12-5-3-2-4-6-12/h2-6H,7-11H2,1H3. The number of hydrogen-bond donors (Lipinski definition) is 0. The van der Waals surface area contributed by atoms with E-state index in [0.717, 1.165) is 0 Å². The highest BCUT2D eigenvalue weighted by Gasteiger charge is 2.29. The Balaban J connectivity index is 2.02. The van der Waals surface area contributed by atoms with Crippen molar-refractivity contribution in [3.8, 4) is 0 Å². The average molecular weight is 298 g/mol. The first kappa shape index (κ1) is 15.0. The van der Waals surface area contributed by atoms with Crippen LogP contribution in [0.5, 0.6) is 0 Å². The Kier molecular flexibility index (Phi) is 4.74. The van der Waals surface area contributed by atoms with Gasteiger partial charge in [-0.3, -0.25) is 4.79 Å². The number of hydrogen-bond acceptors (Lipinski definition) is 4. The highest BCUT2D eigenvalue weighted by atomic mass is 32.2. The van der Waals surface area contributed by atoms with Crippen LogP contribution in [-0.2, 0) is 19.6 Å². The van der Waals surface area contributed by atoms with E-state index < -0.39 is 10.0 Å². The van der Waals surface area contributed by atoms with Gasteiger partial charge in [0.25, 0.3) is 0 Å². The first-order valence-electron chi connectivity index (χ1n) is 6.37. The molecular formula is C13H18N2O4S. The molecule has 0 saturated carbocycles. The fourth-order valence-electron chi connectivity index (χ4n) is 2.13. The van der Waals surface area contributed by atoms with Gasteiger partial charge in [-0.15, -0.1) is 0 Å². The lowest BCUT2D eigenvalue weighted by molar-refractivity contribution is -0.136. The molecule has 1 heterocycles. The summed E-state index contributed by atoms with van der Waals surface area (Å²) in [6.07, 6.45) is 0. The summed E-state index contributed by atoms with van der Waals surface area (Å²) in [5.41, 5.74) is 0. The minimum Gasteiger partial charge on any atom is -0.375 e. The van der Waals surface area contributed by atoms with E-state index in [9.17, 15) is 13.2 Å². The van der Waals surface area contributed by atoms with Crippen LogP contribution in [0.1, 0.15) is 0 Å². The molecule has 1 saturated heterocycles. The van der Waals surface area contributed by atoms with Gasteiger partial charge in [0.1, 0.15) is 6.61 Å². The molecule has 2 rings (SSSR count). The van der Waals surface area contributed by atoms with Gasteiger partial charge in [-0.25, -0.2) is 8.42 Å². The molecule has 1 amide bonds. The fraction of sp³-hybridized carbons (Fsp3) is 0.462. The van der Waals surface area contributed by atoms with Crippen molar-refractivity contribution >= 4 is 15.9 Å². The molecule has 0 aromatic heterocycles. The normalized spacial score (nSPS) is 17.1. The summed E-state index contributed by atoms with van der Waals surface area (Å²) in [7, 11) is -1.99. The third-order valence-corrected chi connectivity index (χ3v) is 5.15. The number of methoxy groups -OCH3 is 1. The average Bonchev–Trinajstić information content (AvgIpc) is 2.48. The van der Waals surface area contributed by atoms with Gasteiger partial charge in [-0.05, 0) is 12.1 Å². The zero-order valence-electron chi connectivity index (χ0n) is 11.4. The Hall–Kier alpha value is -1.44. The predicted octanol–water partition coefficient (Wildman–Crippen LogP) is 0.166. The summed E-state index contributed by atoms with van der Waals surface area (Å²) < 4.78 is 31.0. The monoisotopic (exact) mass is 298 g/mol. The van der Waals surface area contributed by atoms with Crippen molar-refractivity contribution in [2.45, 2.75) is 4.90 Å².